The molecule has 3 nitrogen and oxygen atoms in total. The van der Waals surface area contributed by atoms with E-state index in [4.69, 9.17) is 10.00 Å². The lowest BCUT2D eigenvalue weighted by molar-refractivity contribution is 0.213. The third kappa shape index (κ3) is 2.07. The summed E-state index contributed by atoms with van der Waals surface area (Å²) < 4.78 is 5.60. The molecule has 0 spiro atoms. The second-order valence-corrected chi connectivity index (χ2v) is 4.57. The standard InChI is InChI=1S/C16H13NO2/c17-10-11-4-6-12(7-5-11)15(18)14-3-1-2-13-8-9-19-16(13)14/h1-7,15,18H,8-9H2. The van der Waals surface area contributed by atoms with Crippen LogP contribution in [0.2, 0.25) is 0 Å². The Balaban J connectivity index is 1.98. The summed E-state index contributed by atoms with van der Waals surface area (Å²) >= 11 is 0. The third-order valence-corrected chi connectivity index (χ3v) is 3.39. The molecule has 3 heteroatoms. The van der Waals surface area contributed by atoms with E-state index >= 15 is 0 Å². The topological polar surface area (TPSA) is 53.2 Å². The van der Waals surface area contributed by atoms with Crippen LogP contribution in [-0.4, -0.2) is 11.7 Å². The number of para-hydroxylation sites is 1. The lowest BCUT2D eigenvalue weighted by atomic mass is 9.97. The van der Waals surface area contributed by atoms with Gasteiger partial charge in [-0.1, -0.05) is 30.3 Å². The van der Waals surface area contributed by atoms with Crippen LogP contribution in [0.15, 0.2) is 42.5 Å². The van der Waals surface area contributed by atoms with Crippen molar-refractivity contribution >= 4 is 0 Å². The Bertz CT molecular complexity index is 641. The molecule has 0 bridgehead atoms. The van der Waals surface area contributed by atoms with Crippen molar-refractivity contribution in [3.63, 3.8) is 0 Å². The molecule has 0 aliphatic carbocycles. The maximum Gasteiger partial charge on any atom is 0.128 e. The first kappa shape index (κ1) is 11.8. The number of fused-ring (bicyclic) bond motifs is 1. The van der Waals surface area contributed by atoms with Gasteiger partial charge in [0.1, 0.15) is 11.9 Å². The first-order valence-corrected chi connectivity index (χ1v) is 6.22. The van der Waals surface area contributed by atoms with Gasteiger partial charge < -0.3 is 9.84 Å². The number of nitriles is 1. The van der Waals surface area contributed by atoms with Gasteiger partial charge in [-0.3, -0.25) is 0 Å². The second-order valence-electron chi connectivity index (χ2n) is 4.57. The second kappa shape index (κ2) is 4.75. The molecule has 2 aromatic carbocycles. The first-order valence-electron chi connectivity index (χ1n) is 6.22. The molecule has 3 rings (SSSR count). The number of nitrogens with zero attached hydrogens (tertiary/aromatic N) is 1. The SMILES string of the molecule is N#Cc1ccc(C(O)c2cccc3c2OCC3)cc1. The molecule has 0 aromatic heterocycles. The van der Waals surface area contributed by atoms with E-state index < -0.39 is 6.10 Å². The van der Waals surface area contributed by atoms with Crippen LogP contribution in [0.25, 0.3) is 0 Å². The maximum absolute atomic E-state index is 10.5. The molecule has 0 amide bonds. The molecule has 19 heavy (non-hydrogen) atoms. The highest BCUT2D eigenvalue weighted by Crippen LogP contribution is 2.35. The summed E-state index contributed by atoms with van der Waals surface area (Å²) in [5.41, 5.74) is 3.29. The van der Waals surface area contributed by atoms with E-state index in [0.717, 1.165) is 28.9 Å². The minimum Gasteiger partial charge on any atom is -0.493 e. The first-order chi connectivity index (χ1) is 9.29. The number of rotatable bonds is 2. The van der Waals surface area contributed by atoms with Crippen molar-refractivity contribution in [1.29, 1.82) is 5.26 Å². The van der Waals surface area contributed by atoms with Crippen LogP contribution in [-0.2, 0) is 6.42 Å². The molecule has 94 valence electrons. The predicted octanol–water partition coefficient (Wildman–Crippen LogP) is 2.57. The molecule has 0 fully saturated rings. The predicted molar refractivity (Wildman–Crippen MR) is 70.9 cm³/mol. The average molecular weight is 251 g/mol. The van der Waals surface area contributed by atoms with Gasteiger partial charge in [-0.05, 0) is 23.3 Å². The molecule has 1 aliphatic rings. The number of aliphatic hydroxyl groups is 1. The van der Waals surface area contributed by atoms with Crippen molar-refractivity contribution < 1.29 is 9.84 Å². The van der Waals surface area contributed by atoms with E-state index in [1.54, 1.807) is 24.3 Å². The molecule has 0 saturated carbocycles. The van der Waals surface area contributed by atoms with Crippen molar-refractivity contribution in [3.8, 4) is 11.8 Å². The fraction of sp³-hybridized carbons (Fsp3) is 0.188. The summed E-state index contributed by atoms with van der Waals surface area (Å²) in [5, 5.41) is 19.2. The van der Waals surface area contributed by atoms with Gasteiger partial charge in [0, 0.05) is 12.0 Å². The van der Waals surface area contributed by atoms with Gasteiger partial charge in [0.25, 0.3) is 0 Å². The summed E-state index contributed by atoms with van der Waals surface area (Å²) in [4.78, 5) is 0. The van der Waals surface area contributed by atoms with E-state index in [2.05, 4.69) is 6.07 Å². The Morgan fingerprint density at radius 2 is 1.95 bits per heavy atom. The quantitative estimate of drug-likeness (QED) is 0.892. The fourth-order valence-corrected chi connectivity index (χ4v) is 2.38. The normalized spacial score (nSPS) is 14.3. The monoisotopic (exact) mass is 251 g/mol. The van der Waals surface area contributed by atoms with E-state index in [0.29, 0.717) is 12.2 Å². The largest absolute Gasteiger partial charge is 0.493 e. The Morgan fingerprint density at radius 3 is 2.68 bits per heavy atom. The Labute approximate surface area is 111 Å². The molecule has 1 unspecified atom stereocenters. The summed E-state index contributed by atoms with van der Waals surface area (Å²) in [6.45, 7) is 0.673. The van der Waals surface area contributed by atoms with Gasteiger partial charge in [0.2, 0.25) is 0 Å². The van der Waals surface area contributed by atoms with Crippen LogP contribution in [0.4, 0.5) is 0 Å². The number of aliphatic hydroxyl groups excluding tert-OH is 1. The molecule has 2 aromatic rings. The average Bonchev–Trinajstić information content (AvgIpc) is 2.95. The minimum atomic E-state index is -0.721. The highest BCUT2D eigenvalue weighted by atomic mass is 16.5. The Morgan fingerprint density at radius 1 is 1.16 bits per heavy atom. The van der Waals surface area contributed by atoms with Gasteiger partial charge in [0.05, 0.1) is 18.2 Å². The van der Waals surface area contributed by atoms with Crippen LogP contribution in [0, 0.1) is 11.3 Å². The fourth-order valence-electron chi connectivity index (χ4n) is 2.38. The zero-order chi connectivity index (χ0) is 13.2. The van der Waals surface area contributed by atoms with Gasteiger partial charge in [-0.2, -0.15) is 5.26 Å². The van der Waals surface area contributed by atoms with Crippen LogP contribution >= 0.6 is 0 Å². The van der Waals surface area contributed by atoms with Gasteiger partial charge >= 0.3 is 0 Å². The summed E-state index contributed by atoms with van der Waals surface area (Å²) in [5.74, 6) is 0.805. The molecule has 0 saturated heterocycles. The maximum atomic E-state index is 10.5. The number of ether oxygens (including phenoxy) is 1. The molecule has 1 aliphatic heterocycles. The number of hydrogen-bond acceptors (Lipinski definition) is 3. The van der Waals surface area contributed by atoms with Crippen molar-refractivity contribution in [1.82, 2.24) is 0 Å². The highest BCUT2D eigenvalue weighted by Gasteiger charge is 2.21. The molecule has 1 atom stereocenters. The zero-order valence-corrected chi connectivity index (χ0v) is 10.3. The van der Waals surface area contributed by atoms with Crippen LogP contribution in [0.1, 0.15) is 28.4 Å². The summed E-state index contributed by atoms with van der Waals surface area (Å²) in [7, 11) is 0. The van der Waals surface area contributed by atoms with Gasteiger partial charge in [-0.15, -0.1) is 0 Å². The Kier molecular flexibility index (Phi) is 2.94. The zero-order valence-electron chi connectivity index (χ0n) is 10.3. The van der Waals surface area contributed by atoms with Crippen molar-refractivity contribution in [3.05, 3.63) is 64.7 Å². The molecular formula is C16H13NO2. The van der Waals surface area contributed by atoms with Crippen molar-refractivity contribution in [2.24, 2.45) is 0 Å². The lowest BCUT2D eigenvalue weighted by Crippen LogP contribution is -2.02. The lowest BCUT2D eigenvalue weighted by Gasteiger charge is -2.15. The Hall–Kier alpha value is -2.31. The minimum absolute atomic E-state index is 0.588. The van der Waals surface area contributed by atoms with Crippen LogP contribution in [0.3, 0.4) is 0 Å². The van der Waals surface area contributed by atoms with Crippen molar-refractivity contribution in [2.45, 2.75) is 12.5 Å². The molecule has 1 heterocycles. The molecule has 1 N–H and O–H groups in total. The molecule has 0 radical (unpaired) electrons. The molecular weight excluding hydrogens is 238 g/mol. The van der Waals surface area contributed by atoms with E-state index in [1.165, 1.54) is 0 Å². The van der Waals surface area contributed by atoms with Crippen molar-refractivity contribution in [2.75, 3.05) is 6.61 Å². The third-order valence-electron chi connectivity index (χ3n) is 3.39. The van der Waals surface area contributed by atoms with E-state index in [-0.39, 0.29) is 0 Å². The van der Waals surface area contributed by atoms with Gasteiger partial charge in [0.15, 0.2) is 0 Å². The summed E-state index contributed by atoms with van der Waals surface area (Å²) in [6, 6.07) is 14.9. The summed E-state index contributed by atoms with van der Waals surface area (Å²) in [6.07, 6.45) is 0.171. The van der Waals surface area contributed by atoms with E-state index in [9.17, 15) is 5.11 Å². The van der Waals surface area contributed by atoms with E-state index in [1.807, 2.05) is 18.2 Å². The number of benzene rings is 2. The van der Waals surface area contributed by atoms with Gasteiger partial charge in [-0.25, -0.2) is 0 Å². The van der Waals surface area contributed by atoms with Crippen LogP contribution in [0.5, 0.6) is 5.75 Å². The smallest absolute Gasteiger partial charge is 0.128 e. The van der Waals surface area contributed by atoms with Crippen LogP contribution < -0.4 is 4.74 Å². The highest BCUT2D eigenvalue weighted by molar-refractivity contribution is 5.48. The number of hydrogen-bond donors (Lipinski definition) is 1.